The molecule has 0 aliphatic heterocycles. The van der Waals surface area contributed by atoms with Gasteiger partial charge in [0, 0.05) is 22.5 Å². The molecule has 0 aliphatic carbocycles. The van der Waals surface area contributed by atoms with Gasteiger partial charge >= 0.3 is 5.97 Å². The molecule has 9 heteroatoms. The maximum absolute atomic E-state index is 13.2. The first-order chi connectivity index (χ1) is 14.2. The van der Waals surface area contributed by atoms with Gasteiger partial charge in [0.2, 0.25) is 0 Å². The lowest BCUT2D eigenvalue weighted by atomic mass is 10.1. The Labute approximate surface area is 183 Å². The van der Waals surface area contributed by atoms with Crippen LogP contribution in [-0.4, -0.2) is 46.7 Å². The van der Waals surface area contributed by atoms with Crippen molar-refractivity contribution >= 4 is 39.2 Å². The molecule has 1 heterocycles. The summed E-state index contributed by atoms with van der Waals surface area (Å²) in [5.41, 5.74) is -1.50. The number of aromatic nitrogens is 1. The van der Waals surface area contributed by atoms with E-state index >= 15 is 0 Å². The van der Waals surface area contributed by atoms with Crippen LogP contribution in [0.2, 0.25) is 5.02 Å². The number of pyridine rings is 1. The molecule has 0 bridgehead atoms. The molecule has 1 atom stereocenters. The smallest absolute Gasteiger partial charge is 0.337 e. The average Bonchev–Trinajstić information content (AvgIpc) is 2.73. The molecule has 3 rings (SSSR count). The number of hydrogen-bond donors (Lipinski definition) is 2. The van der Waals surface area contributed by atoms with Gasteiger partial charge in [-0.25, -0.2) is 18.2 Å². The van der Waals surface area contributed by atoms with Gasteiger partial charge in [0.15, 0.2) is 15.4 Å². The fourth-order valence-electron chi connectivity index (χ4n) is 2.79. The minimum absolute atomic E-state index is 0.135. The van der Waals surface area contributed by atoms with E-state index in [4.69, 9.17) is 11.6 Å². The predicted molar refractivity (Wildman–Crippen MR) is 116 cm³/mol. The third-order valence-corrected chi connectivity index (χ3v) is 7.55. The quantitative estimate of drug-likeness (QED) is 0.490. The topological polar surface area (TPSA) is 105 Å². The monoisotopic (exact) mass is 463 g/mol. The predicted octanol–water partition coefficient (Wildman–Crippen LogP) is 3.78. The highest BCUT2D eigenvalue weighted by Crippen LogP contribution is 2.33. The van der Waals surface area contributed by atoms with Crippen LogP contribution in [0.5, 0.6) is 0 Å². The zero-order valence-corrected chi connectivity index (χ0v) is 18.0. The van der Waals surface area contributed by atoms with E-state index in [0.29, 0.717) is 16.2 Å². The van der Waals surface area contributed by atoms with E-state index in [1.807, 2.05) is 0 Å². The Morgan fingerprint density at radius 2 is 1.77 bits per heavy atom. The van der Waals surface area contributed by atoms with Crippen LogP contribution in [0.25, 0.3) is 11.1 Å². The van der Waals surface area contributed by atoms with Crippen LogP contribution in [0.15, 0.2) is 82.8 Å². The molecule has 0 saturated heterocycles. The SMILES string of the molecule is O=C(O)C(O)(CSc1ccccn1)CS(=O)(=O)c1cc(Cl)ccc1-c1ccccc1. The van der Waals surface area contributed by atoms with E-state index in [1.54, 1.807) is 60.7 Å². The molecule has 0 radical (unpaired) electrons. The van der Waals surface area contributed by atoms with Crippen molar-refractivity contribution in [2.24, 2.45) is 0 Å². The number of rotatable bonds is 8. The van der Waals surface area contributed by atoms with Crippen molar-refractivity contribution in [1.82, 2.24) is 4.98 Å². The summed E-state index contributed by atoms with van der Waals surface area (Å²) < 4.78 is 26.4. The summed E-state index contributed by atoms with van der Waals surface area (Å²) in [7, 11) is -4.22. The number of benzene rings is 2. The summed E-state index contributed by atoms with van der Waals surface area (Å²) in [6.07, 6.45) is 1.52. The molecule has 0 spiro atoms. The van der Waals surface area contributed by atoms with Crippen molar-refractivity contribution in [2.75, 3.05) is 11.5 Å². The van der Waals surface area contributed by atoms with Gasteiger partial charge in [-0.2, -0.15) is 0 Å². The maximum atomic E-state index is 13.2. The first kappa shape index (κ1) is 22.3. The number of aliphatic hydroxyl groups is 1. The number of carboxylic acid groups (broad SMARTS) is 1. The Kier molecular flexibility index (Phi) is 6.82. The summed E-state index contributed by atoms with van der Waals surface area (Å²) in [4.78, 5) is 15.7. The number of nitrogens with zero attached hydrogens (tertiary/aromatic N) is 1. The third-order valence-electron chi connectivity index (χ3n) is 4.29. The fraction of sp³-hybridized carbons (Fsp3) is 0.143. The summed E-state index contributed by atoms with van der Waals surface area (Å²) >= 11 is 6.99. The largest absolute Gasteiger partial charge is 0.479 e. The lowest BCUT2D eigenvalue weighted by Crippen LogP contribution is -2.47. The summed E-state index contributed by atoms with van der Waals surface area (Å²) in [6, 6.07) is 18.2. The van der Waals surface area contributed by atoms with Crippen LogP contribution in [0, 0.1) is 0 Å². The molecule has 30 heavy (non-hydrogen) atoms. The Morgan fingerprint density at radius 3 is 2.40 bits per heavy atom. The number of hydrogen-bond acceptors (Lipinski definition) is 6. The number of sulfone groups is 1. The number of halogens is 1. The van der Waals surface area contributed by atoms with Crippen LogP contribution in [0.4, 0.5) is 0 Å². The number of carbonyl (C=O) groups is 1. The molecule has 2 aromatic carbocycles. The van der Waals surface area contributed by atoms with Gasteiger partial charge in [-0.1, -0.05) is 54.1 Å². The molecule has 0 saturated carbocycles. The normalized spacial score (nSPS) is 13.5. The zero-order chi connectivity index (χ0) is 21.8. The van der Waals surface area contributed by atoms with Gasteiger partial charge < -0.3 is 10.2 Å². The highest BCUT2D eigenvalue weighted by atomic mass is 35.5. The van der Waals surface area contributed by atoms with Crippen LogP contribution in [0.1, 0.15) is 0 Å². The standard InChI is InChI=1S/C21H18ClNO5S2/c22-16-9-10-17(15-6-2-1-3-7-15)18(12-16)30(27,28)14-21(26,20(24)25)13-29-19-8-4-5-11-23-19/h1-12,26H,13-14H2,(H,24,25). The molecular formula is C21H18ClNO5S2. The number of aliphatic carboxylic acids is 1. The minimum Gasteiger partial charge on any atom is -0.479 e. The first-order valence-corrected chi connectivity index (χ1v) is 11.8. The average molecular weight is 464 g/mol. The molecule has 0 amide bonds. The van der Waals surface area contributed by atoms with Crippen LogP contribution in [-0.2, 0) is 14.6 Å². The van der Waals surface area contributed by atoms with Crippen molar-refractivity contribution < 1.29 is 23.4 Å². The second-order valence-corrected chi connectivity index (χ2v) is 9.95. The highest BCUT2D eigenvalue weighted by molar-refractivity contribution is 7.99. The van der Waals surface area contributed by atoms with Gasteiger partial charge in [-0.3, -0.25) is 0 Å². The third kappa shape index (κ3) is 5.20. The lowest BCUT2D eigenvalue weighted by molar-refractivity contribution is -0.153. The molecule has 1 aromatic heterocycles. The number of carboxylic acids is 1. The van der Waals surface area contributed by atoms with E-state index in [9.17, 15) is 23.4 Å². The van der Waals surface area contributed by atoms with Crippen molar-refractivity contribution in [3.8, 4) is 11.1 Å². The van der Waals surface area contributed by atoms with Crippen molar-refractivity contribution in [3.63, 3.8) is 0 Å². The highest BCUT2D eigenvalue weighted by Gasteiger charge is 2.42. The van der Waals surface area contributed by atoms with E-state index in [-0.39, 0.29) is 15.7 Å². The van der Waals surface area contributed by atoms with Crippen molar-refractivity contribution in [1.29, 1.82) is 0 Å². The van der Waals surface area contributed by atoms with Crippen molar-refractivity contribution in [3.05, 3.63) is 77.9 Å². The summed E-state index contributed by atoms with van der Waals surface area (Å²) in [6.45, 7) is 0. The Morgan fingerprint density at radius 1 is 1.07 bits per heavy atom. The molecule has 0 fully saturated rings. The van der Waals surface area contributed by atoms with E-state index in [0.717, 1.165) is 11.8 Å². The van der Waals surface area contributed by atoms with E-state index in [2.05, 4.69) is 4.98 Å². The molecule has 156 valence electrons. The van der Waals surface area contributed by atoms with E-state index < -0.39 is 27.2 Å². The molecule has 0 aliphatic rings. The van der Waals surface area contributed by atoms with Gasteiger partial charge in [0.25, 0.3) is 0 Å². The molecule has 6 nitrogen and oxygen atoms in total. The number of thioether (sulfide) groups is 1. The van der Waals surface area contributed by atoms with Gasteiger partial charge in [-0.15, -0.1) is 11.8 Å². The van der Waals surface area contributed by atoms with Gasteiger partial charge in [-0.05, 0) is 29.8 Å². The Bertz CT molecular complexity index is 1140. The summed E-state index contributed by atoms with van der Waals surface area (Å²) in [5, 5.41) is 21.0. The van der Waals surface area contributed by atoms with Crippen molar-refractivity contribution in [2.45, 2.75) is 15.5 Å². The second kappa shape index (κ2) is 9.18. The zero-order valence-electron chi connectivity index (χ0n) is 15.6. The van der Waals surface area contributed by atoms with Gasteiger partial charge in [0.1, 0.15) is 0 Å². The summed E-state index contributed by atoms with van der Waals surface area (Å²) in [5.74, 6) is -3.02. The first-order valence-electron chi connectivity index (χ1n) is 8.79. The maximum Gasteiger partial charge on any atom is 0.337 e. The van der Waals surface area contributed by atoms with E-state index in [1.165, 1.54) is 12.3 Å². The van der Waals surface area contributed by atoms with Crippen LogP contribution >= 0.6 is 23.4 Å². The molecule has 2 N–H and O–H groups in total. The molecule has 1 unspecified atom stereocenters. The Hall–Kier alpha value is -2.39. The van der Waals surface area contributed by atoms with Gasteiger partial charge in [0.05, 0.1) is 15.7 Å². The molecule has 3 aromatic rings. The Balaban J connectivity index is 1.96. The fourth-order valence-corrected chi connectivity index (χ4v) is 5.92. The van der Waals surface area contributed by atoms with Crippen LogP contribution in [0.3, 0.4) is 0 Å². The van der Waals surface area contributed by atoms with Crippen LogP contribution < -0.4 is 0 Å². The second-order valence-electron chi connectivity index (χ2n) is 6.56. The minimum atomic E-state index is -4.22. The molecular weight excluding hydrogens is 446 g/mol. The lowest BCUT2D eigenvalue weighted by Gasteiger charge is -2.23.